The van der Waals surface area contributed by atoms with E-state index in [1.54, 1.807) is 6.07 Å². The molecule has 2 amide bonds. The second-order valence-corrected chi connectivity index (χ2v) is 8.46. The number of phenols is 1. The van der Waals surface area contributed by atoms with Gasteiger partial charge in [-0.15, -0.1) is 0 Å². The van der Waals surface area contributed by atoms with E-state index in [1.165, 1.54) is 12.3 Å². The molecule has 1 aromatic heterocycles. The number of rotatable bonds is 7. The van der Waals surface area contributed by atoms with Crippen molar-refractivity contribution in [2.24, 2.45) is 0 Å². The summed E-state index contributed by atoms with van der Waals surface area (Å²) in [6.45, 7) is 2.03. The maximum Gasteiger partial charge on any atom is 0.311 e. The van der Waals surface area contributed by atoms with E-state index in [4.69, 9.17) is 16.0 Å². The fourth-order valence-corrected chi connectivity index (χ4v) is 3.72. The van der Waals surface area contributed by atoms with Crippen LogP contribution < -0.4 is 16.2 Å². The molecule has 3 aromatic carbocycles. The summed E-state index contributed by atoms with van der Waals surface area (Å²) in [6, 6.07) is 19.7. The normalized spacial score (nSPS) is 11.4. The lowest BCUT2D eigenvalue weighted by Gasteiger charge is -2.16. The third kappa shape index (κ3) is 5.88. The number of hydrogen-bond donors (Lipinski definition) is 4. The molecule has 188 valence electrons. The lowest BCUT2D eigenvalue weighted by atomic mass is 10.0. The third-order valence-electron chi connectivity index (χ3n) is 5.54. The number of nitrogens with one attached hydrogen (secondary N) is 3. The molecule has 0 saturated heterocycles. The quantitative estimate of drug-likeness (QED) is 0.187. The Balaban J connectivity index is 1.41. The Morgan fingerprint density at radius 1 is 0.973 bits per heavy atom. The van der Waals surface area contributed by atoms with Gasteiger partial charge in [-0.3, -0.25) is 30.6 Å². The topological polar surface area (TPSA) is 147 Å². The van der Waals surface area contributed by atoms with Crippen molar-refractivity contribution in [1.29, 1.82) is 0 Å². The van der Waals surface area contributed by atoms with Gasteiger partial charge >= 0.3 is 11.6 Å². The van der Waals surface area contributed by atoms with Crippen molar-refractivity contribution < 1.29 is 24.0 Å². The van der Waals surface area contributed by atoms with Gasteiger partial charge in [0.15, 0.2) is 5.75 Å². The summed E-state index contributed by atoms with van der Waals surface area (Å²) in [4.78, 5) is 35.1. The van der Waals surface area contributed by atoms with Crippen LogP contribution >= 0.6 is 11.6 Å². The van der Waals surface area contributed by atoms with Crippen molar-refractivity contribution in [1.82, 2.24) is 10.9 Å². The second-order valence-electron chi connectivity index (χ2n) is 8.03. The summed E-state index contributed by atoms with van der Waals surface area (Å²) in [5.41, 5.74) is 6.82. The van der Waals surface area contributed by atoms with Crippen LogP contribution in [0.15, 0.2) is 83.5 Å². The summed E-state index contributed by atoms with van der Waals surface area (Å²) < 4.78 is 5.34. The molecule has 0 bridgehead atoms. The molecule has 0 saturated carbocycles. The standard InChI is InChI=1S/C26H21ClN4O6/c1-15(16-2-7-19(27)8-3-16)28-20-9-4-17(5-10-20)21-12-13-37-24(21)26(34)30-29-25(33)18-6-11-23(32)22(14-18)31(35)36/h2-15,28,32H,1H3,(H,29,33)(H,30,34)/t15-/m0/s1. The Morgan fingerprint density at radius 3 is 2.32 bits per heavy atom. The van der Waals surface area contributed by atoms with Gasteiger partial charge in [-0.05, 0) is 60.5 Å². The maximum atomic E-state index is 12.7. The van der Waals surface area contributed by atoms with Crippen LogP contribution in [0.25, 0.3) is 11.1 Å². The van der Waals surface area contributed by atoms with E-state index in [9.17, 15) is 24.8 Å². The van der Waals surface area contributed by atoms with Gasteiger partial charge in [0, 0.05) is 33.9 Å². The molecule has 0 aliphatic carbocycles. The summed E-state index contributed by atoms with van der Waals surface area (Å²) in [5, 5.41) is 24.6. The molecule has 0 aliphatic rings. The monoisotopic (exact) mass is 520 g/mol. The average molecular weight is 521 g/mol. The number of nitro benzene ring substituents is 1. The molecule has 4 rings (SSSR count). The van der Waals surface area contributed by atoms with Crippen molar-refractivity contribution >= 4 is 34.8 Å². The van der Waals surface area contributed by atoms with Crippen LogP contribution in [-0.4, -0.2) is 21.8 Å². The number of nitrogens with zero attached hydrogens (tertiary/aromatic N) is 1. The minimum absolute atomic E-state index is 0.0350. The highest BCUT2D eigenvalue weighted by molar-refractivity contribution is 6.30. The zero-order chi connectivity index (χ0) is 26.5. The van der Waals surface area contributed by atoms with Crippen molar-refractivity contribution in [2.75, 3.05) is 5.32 Å². The minimum Gasteiger partial charge on any atom is -0.502 e. The lowest BCUT2D eigenvalue weighted by Crippen LogP contribution is -2.41. The van der Waals surface area contributed by atoms with E-state index in [2.05, 4.69) is 16.2 Å². The minimum atomic E-state index is -0.820. The van der Waals surface area contributed by atoms with Gasteiger partial charge in [-0.2, -0.15) is 0 Å². The molecule has 4 aromatic rings. The SMILES string of the molecule is C[C@H](Nc1ccc(-c2ccoc2C(=O)NNC(=O)c2ccc(O)c([N+](=O)[O-])c2)cc1)c1ccc(Cl)cc1. The molecule has 11 heteroatoms. The van der Waals surface area contributed by atoms with Crippen molar-refractivity contribution in [3.8, 4) is 16.9 Å². The van der Waals surface area contributed by atoms with E-state index in [1.807, 2.05) is 55.5 Å². The van der Waals surface area contributed by atoms with E-state index in [0.717, 1.165) is 23.4 Å². The van der Waals surface area contributed by atoms with Gasteiger partial charge < -0.3 is 14.8 Å². The number of phenolic OH excluding ortho intramolecular Hbond substituents is 1. The zero-order valence-corrected chi connectivity index (χ0v) is 20.2. The van der Waals surface area contributed by atoms with E-state index in [-0.39, 0.29) is 17.4 Å². The van der Waals surface area contributed by atoms with Crippen LogP contribution in [0.1, 0.15) is 39.4 Å². The fourth-order valence-electron chi connectivity index (χ4n) is 3.60. The molecular formula is C26H21ClN4O6. The first-order chi connectivity index (χ1) is 17.7. The van der Waals surface area contributed by atoms with E-state index in [0.29, 0.717) is 16.1 Å². The van der Waals surface area contributed by atoms with Crippen LogP contribution in [0.3, 0.4) is 0 Å². The number of hydrazine groups is 1. The maximum absolute atomic E-state index is 12.7. The molecule has 0 unspecified atom stereocenters. The number of carbonyl (C=O) groups is 2. The number of carbonyl (C=O) groups excluding carboxylic acids is 2. The van der Waals surface area contributed by atoms with Crippen molar-refractivity contribution in [3.05, 3.63) is 111 Å². The number of furan rings is 1. The summed E-state index contributed by atoms with van der Waals surface area (Å²) in [5.74, 6) is -2.14. The molecule has 10 nitrogen and oxygen atoms in total. The molecule has 1 heterocycles. The number of halogens is 1. The van der Waals surface area contributed by atoms with Crippen LogP contribution in [0, 0.1) is 10.1 Å². The fraction of sp³-hybridized carbons (Fsp3) is 0.0769. The number of benzene rings is 3. The summed E-state index contributed by atoms with van der Waals surface area (Å²) in [6.07, 6.45) is 1.35. The lowest BCUT2D eigenvalue weighted by molar-refractivity contribution is -0.385. The Labute approximate surface area is 216 Å². The van der Waals surface area contributed by atoms with E-state index >= 15 is 0 Å². The highest BCUT2D eigenvalue weighted by atomic mass is 35.5. The van der Waals surface area contributed by atoms with Crippen LogP contribution in [0.4, 0.5) is 11.4 Å². The average Bonchev–Trinajstić information content (AvgIpc) is 3.38. The Kier molecular flexibility index (Phi) is 7.40. The Bertz CT molecular complexity index is 1450. The largest absolute Gasteiger partial charge is 0.502 e. The number of amides is 2. The molecule has 0 radical (unpaired) electrons. The summed E-state index contributed by atoms with van der Waals surface area (Å²) >= 11 is 5.95. The highest BCUT2D eigenvalue weighted by Crippen LogP contribution is 2.28. The Hall–Kier alpha value is -4.83. The number of aromatic hydroxyl groups is 1. The Morgan fingerprint density at radius 2 is 1.65 bits per heavy atom. The van der Waals surface area contributed by atoms with Gasteiger partial charge in [0.25, 0.3) is 5.91 Å². The molecule has 37 heavy (non-hydrogen) atoms. The van der Waals surface area contributed by atoms with Crippen molar-refractivity contribution in [3.63, 3.8) is 0 Å². The van der Waals surface area contributed by atoms with E-state index < -0.39 is 28.2 Å². The van der Waals surface area contributed by atoms with Crippen LogP contribution in [0.5, 0.6) is 5.75 Å². The van der Waals surface area contributed by atoms with Gasteiger partial charge in [-0.1, -0.05) is 35.9 Å². The second kappa shape index (κ2) is 10.8. The first kappa shape index (κ1) is 25.3. The van der Waals surface area contributed by atoms with Gasteiger partial charge in [0.2, 0.25) is 5.76 Å². The molecule has 0 fully saturated rings. The number of nitro groups is 1. The van der Waals surface area contributed by atoms with Crippen LogP contribution in [-0.2, 0) is 0 Å². The predicted octanol–water partition coefficient (Wildman–Crippen LogP) is 5.46. The van der Waals surface area contributed by atoms with Gasteiger partial charge in [0.05, 0.1) is 11.2 Å². The molecular weight excluding hydrogens is 500 g/mol. The van der Waals surface area contributed by atoms with Gasteiger partial charge in [0.1, 0.15) is 0 Å². The summed E-state index contributed by atoms with van der Waals surface area (Å²) in [7, 11) is 0. The molecule has 1 atom stereocenters. The molecule has 4 N–H and O–H groups in total. The number of hydrogen-bond acceptors (Lipinski definition) is 7. The smallest absolute Gasteiger partial charge is 0.311 e. The van der Waals surface area contributed by atoms with Crippen molar-refractivity contribution in [2.45, 2.75) is 13.0 Å². The molecule has 0 spiro atoms. The third-order valence-corrected chi connectivity index (χ3v) is 5.80. The first-order valence-corrected chi connectivity index (χ1v) is 11.4. The number of anilines is 1. The first-order valence-electron chi connectivity index (χ1n) is 11.0. The zero-order valence-electron chi connectivity index (χ0n) is 19.4. The van der Waals surface area contributed by atoms with Gasteiger partial charge in [-0.25, -0.2) is 0 Å². The van der Waals surface area contributed by atoms with Crippen LogP contribution in [0.2, 0.25) is 5.02 Å². The predicted molar refractivity (Wildman–Crippen MR) is 137 cm³/mol. The molecule has 0 aliphatic heterocycles. The highest BCUT2D eigenvalue weighted by Gasteiger charge is 2.20.